The highest BCUT2D eigenvalue weighted by Gasteiger charge is 2.25. The van der Waals surface area contributed by atoms with E-state index in [9.17, 15) is 4.79 Å². The molecular weight excluding hydrogens is 254 g/mol. The van der Waals surface area contributed by atoms with E-state index in [4.69, 9.17) is 4.84 Å². The summed E-state index contributed by atoms with van der Waals surface area (Å²) in [7, 11) is 0. The van der Waals surface area contributed by atoms with Gasteiger partial charge in [-0.15, -0.1) is 9.94 Å². The summed E-state index contributed by atoms with van der Waals surface area (Å²) in [6, 6.07) is 4.29. The van der Waals surface area contributed by atoms with Gasteiger partial charge in [0.25, 0.3) is 0 Å². The highest BCUT2D eigenvalue weighted by molar-refractivity contribution is 5.76. The smallest absolute Gasteiger partial charge is 0.216 e. The van der Waals surface area contributed by atoms with E-state index in [1.807, 2.05) is 0 Å². The van der Waals surface area contributed by atoms with Crippen molar-refractivity contribution in [3.8, 4) is 11.1 Å². The van der Waals surface area contributed by atoms with Crippen LogP contribution in [0, 0.1) is 0 Å². The van der Waals surface area contributed by atoms with Crippen LogP contribution >= 0.6 is 0 Å². The second kappa shape index (κ2) is 5.15. The van der Waals surface area contributed by atoms with Crippen molar-refractivity contribution in [3.05, 3.63) is 29.1 Å². The number of aryl methyl sites for hydroxylation is 1. The van der Waals surface area contributed by atoms with Crippen LogP contribution in [0.3, 0.4) is 0 Å². The molecule has 5 heteroatoms. The van der Waals surface area contributed by atoms with Crippen molar-refractivity contribution in [1.29, 1.82) is 0 Å². The van der Waals surface area contributed by atoms with Crippen LogP contribution in [0.25, 0.3) is 11.1 Å². The summed E-state index contributed by atoms with van der Waals surface area (Å²) < 4.78 is 0. The molecule has 0 aromatic rings. The maximum atomic E-state index is 11.0. The van der Waals surface area contributed by atoms with Crippen LogP contribution in [0.15, 0.2) is 12.1 Å². The fourth-order valence-electron chi connectivity index (χ4n) is 2.82. The first-order valence-corrected chi connectivity index (χ1v) is 7.10. The lowest BCUT2D eigenvalue weighted by Crippen LogP contribution is -2.22. The van der Waals surface area contributed by atoms with Crippen LogP contribution in [-0.2, 0) is 24.1 Å². The Balaban J connectivity index is 1.97. The molecule has 0 saturated heterocycles. The third kappa shape index (κ3) is 2.13. The monoisotopic (exact) mass is 273 g/mol. The Kier molecular flexibility index (Phi) is 3.34. The van der Waals surface area contributed by atoms with Gasteiger partial charge in [-0.25, -0.2) is 0 Å². The molecule has 20 heavy (non-hydrogen) atoms. The van der Waals surface area contributed by atoms with Crippen molar-refractivity contribution >= 4 is 5.91 Å². The molecule has 3 aliphatic rings. The predicted molar refractivity (Wildman–Crippen MR) is 75.8 cm³/mol. The van der Waals surface area contributed by atoms with E-state index in [1.165, 1.54) is 16.7 Å². The van der Waals surface area contributed by atoms with Crippen molar-refractivity contribution in [2.24, 2.45) is 0 Å². The maximum absolute atomic E-state index is 11.0. The van der Waals surface area contributed by atoms with Gasteiger partial charge in [0.1, 0.15) is 6.61 Å². The topological polar surface area (TPSA) is 56.2 Å². The first-order chi connectivity index (χ1) is 9.70. The minimum atomic E-state index is 0.0136. The normalized spacial score (nSPS) is 13.3. The van der Waals surface area contributed by atoms with Gasteiger partial charge in [-0.05, 0) is 18.4 Å². The molecule has 0 bridgehead atoms. The summed E-state index contributed by atoms with van der Waals surface area (Å²) in [6.07, 6.45) is 2.61. The van der Waals surface area contributed by atoms with Gasteiger partial charge < -0.3 is 10.2 Å². The van der Waals surface area contributed by atoms with E-state index in [0.29, 0.717) is 13.2 Å². The molecule has 0 aromatic heterocycles. The Morgan fingerprint density at radius 1 is 1.50 bits per heavy atom. The predicted octanol–water partition coefficient (Wildman–Crippen LogP) is 1.21. The maximum Gasteiger partial charge on any atom is 0.216 e. The number of hydrogen-bond acceptors (Lipinski definition) is 3. The van der Waals surface area contributed by atoms with Gasteiger partial charge >= 0.3 is 0 Å². The molecule has 1 amide bonds. The molecule has 5 nitrogen and oxygen atoms in total. The number of carbonyl (C=O) groups excluding carboxylic acids is 1. The SMILES string of the molecule is CCc1nn2c(c3c(CCNC(C)=O)ccc1-3)CCO2. The fourth-order valence-corrected chi connectivity index (χ4v) is 2.82. The lowest BCUT2D eigenvalue weighted by molar-refractivity contribution is -0.118. The lowest BCUT2D eigenvalue weighted by atomic mass is 9.99. The number of fused-ring (bicyclic) bond motifs is 3. The first kappa shape index (κ1) is 13.0. The molecule has 2 aliphatic heterocycles. The Bertz CT molecular complexity index is 618. The minimum Gasteiger partial charge on any atom is -0.396 e. The number of nitrogens with one attached hydrogen (secondary N) is 1. The number of amides is 1. The molecule has 0 aromatic carbocycles. The number of rotatable bonds is 4. The number of hydrogen-bond donors (Lipinski definition) is 1. The van der Waals surface area contributed by atoms with Crippen LogP contribution in [0.4, 0.5) is 0 Å². The molecule has 2 heterocycles. The number of carbonyl (C=O) groups is 1. The molecule has 0 spiro atoms. The molecule has 1 aliphatic carbocycles. The van der Waals surface area contributed by atoms with E-state index in [0.717, 1.165) is 30.7 Å². The van der Waals surface area contributed by atoms with Gasteiger partial charge in [-0.2, -0.15) is 0 Å². The lowest BCUT2D eigenvalue weighted by Gasteiger charge is -2.14. The average Bonchev–Trinajstić information content (AvgIpc) is 3.03. The van der Waals surface area contributed by atoms with E-state index in [1.54, 1.807) is 11.8 Å². The summed E-state index contributed by atoms with van der Waals surface area (Å²) in [5, 5.41) is 7.40. The summed E-state index contributed by atoms with van der Waals surface area (Å²) in [5.41, 5.74) is 5.97. The summed E-state index contributed by atoms with van der Waals surface area (Å²) in [5.74, 6) is 0.0136. The summed E-state index contributed by atoms with van der Waals surface area (Å²) in [6.45, 7) is 5.00. The zero-order valence-corrected chi connectivity index (χ0v) is 11.9. The molecular formula is C15H19N3O2. The van der Waals surface area contributed by atoms with Crippen LogP contribution in [0.5, 0.6) is 0 Å². The largest absolute Gasteiger partial charge is 0.396 e. The minimum absolute atomic E-state index is 0.0136. The quantitative estimate of drug-likeness (QED) is 0.911. The Hall–Kier alpha value is -2.04. The van der Waals surface area contributed by atoms with Gasteiger partial charge in [0.15, 0.2) is 0 Å². The zero-order chi connectivity index (χ0) is 14.1. The molecule has 0 unspecified atom stereocenters. The van der Waals surface area contributed by atoms with Gasteiger partial charge in [0.05, 0.1) is 11.4 Å². The van der Waals surface area contributed by atoms with Crippen LogP contribution < -0.4 is 10.2 Å². The summed E-state index contributed by atoms with van der Waals surface area (Å²) in [4.78, 5) is 18.2. The first-order valence-electron chi connectivity index (χ1n) is 7.10. The third-order valence-corrected chi connectivity index (χ3v) is 3.74. The molecule has 0 atom stereocenters. The van der Waals surface area contributed by atoms with Gasteiger partial charge in [-0.3, -0.25) is 4.79 Å². The average molecular weight is 273 g/mol. The van der Waals surface area contributed by atoms with Crippen LogP contribution in [0.2, 0.25) is 0 Å². The standard InChI is InChI=1S/C15H19N3O2/c1-3-13-12-5-4-11(6-8-16-10(2)19)15(12)14-7-9-20-18(14)17-13/h4-5H,3,6-9H2,1-2H3,(H,16,19). The molecule has 0 fully saturated rings. The Morgan fingerprint density at radius 3 is 3.10 bits per heavy atom. The zero-order valence-electron chi connectivity index (χ0n) is 11.9. The van der Waals surface area contributed by atoms with Crippen molar-refractivity contribution in [2.45, 2.75) is 33.1 Å². The highest BCUT2D eigenvalue weighted by atomic mass is 16.7. The van der Waals surface area contributed by atoms with E-state index in [2.05, 4.69) is 29.5 Å². The van der Waals surface area contributed by atoms with Gasteiger partial charge in [-0.1, -0.05) is 19.1 Å². The number of aromatic nitrogens is 2. The molecule has 0 saturated carbocycles. The molecule has 1 N–H and O–H groups in total. The third-order valence-electron chi connectivity index (χ3n) is 3.74. The summed E-state index contributed by atoms with van der Waals surface area (Å²) >= 11 is 0. The molecule has 0 radical (unpaired) electrons. The fraction of sp³-hybridized carbons (Fsp3) is 0.467. The van der Waals surface area contributed by atoms with Gasteiger partial charge in [0, 0.05) is 31.0 Å². The van der Waals surface area contributed by atoms with E-state index < -0.39 is 0 Å². The van der Waals surface area contributed by atoms with Crippen molar-refractivity contribution in [1.82, 2.24) is 15.3 Å². The Labute approximate surface area is 118 Å². The van der Waals surface area contributed by atoms with Crippen molar-refractivity contribution in [3.63, 3.8) is 0 Å². The highest BCUT2D eigenvalue weighted by Crippen LogP contribution is 2.35. The van der Waals surface area contributed by atoms with Crippen LogP contribution in [-0.4, -0.2) is 29.0 Å². The second-order valence-electron chi connectivity index (χ2n) is 5.08. The Morgan fingerprint density at radius 2 is 2.35 bits per heavy atom. The van der Waals surface area contributed by atoms with Gasteiger partial charge in [0.2, 0.25) is 5.91 Å². The molecule has 106 valence electrons. The second-order valence-corrected chi connectivity index (χ2v) is 5.08. The molecule has 3 rings (SSSR count). The van der Waals surface area contributed by atoms with Crippen molar-refractivity contribution < 1.29 is 9.63 Å². The number of nitrogens with zero attached hydrogens (tertiary/aromatic N) is 2. The van der Waals surface area contributed by atoms with E-state index in [-0.39, 0.29) is 5.91 Å². The van der Waals surface area contributed by atoms with Crippen LogP contribution in [0.1, 0.15) is 30.8 Å². The van der Waals surface area contributed by atoms with E-state index >= 15 is 0 Å². The van der Waals surface area contributed by atoms with Crippen molar-refractivity contribution in [2.75, 3.05) is 13.2 Å².